The van der Waals surface area contributed by atoms with Gasteiger partial charge in [-0.1, -0.05) is 97.9 Å². The van der Waals surface area contributed by atoms with Crippen molar-refractivity contribution in [1.82, 2.24) is 5.32 Å². The number of hydrogen-bond donors (Lipinski definition) is 2. The van der Waals surface area contributed by atoms with Gasteiger partial charge in [0.25, 0.3) is 0 Å². The molecule has 0 aliphatic heterocycles. The van der Waals surface area contributed by atoms with Crippen molar-refractivity contribution < 1.29 is 14.7 Å². The van der Waals surface area contributed by atoms with Gasteiger partial charge in [0, 0.05) is 6.42 Å². The van der Waals surface area contributed by atoms with Gasteiger partial charge in [-0.25, -0.2) is 4.79 Å². The first-order valence-corrected chi connectivity index (χ1v) is 9.76. The second kappa shape index (κ2) is 9.20. The minimum absolute atomic E-state index is 0.106. The Morgan fingerprint density at radius 3 is 1.48 bits per heavy atom. The summed E-state index contributed by atoms with van der Waals surface area (Å²) in [5, 5.41) is 12.0. The van der Waals surface area contributed by atoms with Gasteiger partial charge in [-0.15, -0.1) is 0 Å². The molecule has 0 spiro atoms. The average Bonchev–Trinajstić information content (AvgIpc) is 2.77. The van der Waals surface area contributed by atoms with E-state index in [4.69, 9.17) is 0 Å². The molecular formula is C25H25NO3. The molecule has 0 aromatic heterocycles. The minimum Gasteiger partial charge on any atom is -0.480 e. The summed E-state index contributed by atoms with van der Waals surface area (Å²) in [4.78, 5) is 24.5. The van der Waals surface area contributed by atoms with Crippen LogP contribution in [0.1, 0.15) is 36.5 Å². The van der Waals surface area contributed by atoms with Crippen LogP contribution in [-0.2, 0) is 15.0 Å². The van der Waals surface area contributed by atoms with Gasteiger partial charge in [-0.2, -0.15) is 0 Å². The highest BCUT2D eigenvalue weighted by Gasteiger charge is 2.39. The summed E-state index contributed by atoms with van der Waals surface area (Å²) < 4.78 is 0. The highest BCUT2D eigenvalue weighted by atomic mass is 16.4. The molecule has 148 valence electrons. The van der Waals surface area contributed by atoms with Gasteiger partial charge in [-0.05, 0) is 23.1 Å². The quantitative estimate of drug-likeness (QED) is 0.563. The molecule has 3 aromatic rings. The van der Waals surface area contributed by atoms with E-state index in [9.17, 15) is 14.7 Å². The van der Waals surface area contributed by atoms with Crippen LogP contribution in [0.25, 0.3) is 0 Å². The molecule has 0 bridgehead atoms. The number of carbonyl (C=O) groups excluding carboxylic acids is 1. The first-order chi connectivity index (χ1) is 14.1. The predicted molar refractivity (Wildman–Crippen MR) is 114 cm³/mol. The van der Waals surface area contributed by atoms with Crippen molar-refractivity contribution in [2.24, 2.45) is 0 Å². The number of benzene rings is 3. The SMILES string of the molecule is CC[C@H](NC(=O)CC(c1ccccc1)(c1ccccc1)c1ccccc1)C(=O)O. The van der Waals surface area contributed by atoms with Crippen LogP contribution in [0.2, 0.25) is 0 Å². The Morgan fingerprint density at radius 2 is 1.17 bits per heavy atom. The summed E-state index contributed by atoms with van der Waals surface area (Å²) >= 11 is 0. The number of rotatable bonds is 8. The number of hydrogen-bond acceptors (Lipinski definition) is 2. The van der Waals surface area contributed by atoms with Crippen molar-refractivity contribution >= 4 is 11.9 Å². The summed E-state index contributed by atoms with van der Waals surface area (Å²) in [6.45, 7) is 1.75. The molecular weight excluding hydrogens is 362 g/mol. The van der Waals surface area contributed by atoms with Gasteiger partial charge in [0.2, 0.25) is 5.91 Å². The normalized spacial score (nSPS) is 12.2. The smallest absolute Gasteiger partial charge is 0.326 e. The zero-order valence-electron chi connectivity index (χ0n) is 16.4. The summed E-state index contributed by atoms with van der Waals surface area (Å²) in [6, 6.07) is 28.8. The van der Waals surface area contributed by atoms with Gasteiger partial charge in [-0.3, -0.25) is 4.79 Å². The van der Waals surface area contributed by atoms with Crippen molar-refractivity contribution in [3.8, 4) is 0 Å². The lowest BCUT2D eigenvalue weighted by Gasteiger charge is -2.36. The van der Waals surface area contributed by atoms with Crippen molar-refractivity contribution in [2.75, 3.05) is 0 Å². The van der Waals surface area contributed by atoms with E-state index in [1.165, 1.54) is 0 Å². The molecule has 2 N–H and O–H groups in total. The van der Waals surface area contributed by atoms with Crippen LogP contribution in [0.4, 0.5) is 0 Å². The zero-order chi connectivity index (χ0) is 20.7. The topological polar surface area (TPSA) is 66.4 Å². The van der Waals surface area contributed by atoms with Crippen molar-refractivity contribution in [2.45, 2.75) is 31.2 Å². The standard InChI is InChI=1S/C25H25NO3/c1-2-22(24(28)29)26-23(27)18-25(19-12-6-3-7-13-19,20-14-8-4-9-15-20)21-16-10-5-11-17-21/h3-17,22H,2,18H2,1H3,(H,26,27)(H,28,29)/t22-/m0/s1. The van der Waals surface area contributed by atoms with Crippen LogP contribution < -0.4 is 5.32 Å². The number of carbonyl (C=O) groups is 2. The van der Waals surface area contributed by atoms with Crippen molar-refractivity contribution in [3.05, 3.63) is 108 Å². The van der Waals surface area contributed by atoms with Crippen LogP contribution in [0, 0.1) is 0 Å². The van der Waals surface area contributed by atoms with Gasteiger partial charge in [0.15, 0.2) is 0 Å². The molecule has 0 fully saturated rings. The highest BCUT2D eigenvalue weighted by Crippen LogP contribution is 2.42. The first-order valence-electron chi connectivity index (χ1n) is 9.76. The van der Waals surface area contributed by atoms with Gasteiger partial charge < -0.3 is 10.4 Å². The molecule has 0 aliphatic rings. The van der Waals surface area contributed by atoms with E-state index in [0.717, 1.165) is 16.7 Å². The highest BCUT2D eigenvalue weighted by molar-refractivity contribution is 5.85. The second-order valence-corrected chi connectivity index (χ2v) is 7.05. The molecule has 3 aromatic carbocycles. The number of carboxylic acids is 1. The van der Waals surface area contributed by atoms with E-state index in [-0.39, 0.29) is 12.3 Å². The molecule has 3 rings (SSSR count). The first kappa shape index (κ1) is 20.3. The second-order valence-electron chi connectivity index (χ2n) is 7.05. The van der Waals surface area contributed by atoms with E-state index in [1.807, 2.05) is 91.0 Å². The zero-order valence-corrected chi connectivity index (χ0v) is 16.4. The number of aliphatic carboxylic acids is 1. The lowest BCUT2D eigenvalue weighted by Crippen LogP contribution is -2.44. The van der Waals surface area contributed by atoms with E-state index in [1.54, 1.807) is 6.92 Å². The van der Waals surface area contributed by atoms with Crippen LogP contribution in [-0.4, -0.2) is 23.0 Å². The third-order valence-corrected chi connectivity index (χ3v) is 5.27. The van der Waals surface area contributed by atoms with E-state index >= 15 is 0 Å². The predicted octanol–water partition coefficient (Wildman–Crippen LogP) is 4.39. The maximum absolute atomic E-state index is 13.1. The fraction of sp³-hybridized carbons (Fsp3) is 0.200. The van der Waals surface area contributed by atoms with Crippen LogP contribution in [0.3, 0.4) is 0 Å². The molecule has 0 saturated carbocycles. The number of nitrogens with one attached hydrogen (secondary N) is 1. The fourth-order valence-electron chi connectivity index (χ4n) is 3.80. The molecule has 0 heterocycles. The third kappa shape index (κ3) is 4.37. The van der Waals surface area contributed by atoms with Crippen LogP contribution in [0.5, 0.6) is 0 Å². The summed E-state index contributed by atoms with van der Waals surface area (Å²) in [5.41, 5.74) is 2.22. The third-order valence-electron chi connectivity index (χ3n) is 5.27. The van der Waals surface area contributed by atoms with E-state index < -0.39 is 17.4 Å². The molecule has 4 heteroatoms. The lowest BCUT2D eigenvalue weighted by molar-refractivity contribution is -0.142. The largest absolute Gasteiger partial charge is 0.480 e. The fourth-order valence-corrected chi connectivity index (χ4v) is 3.80. The molecule has 0 radical (unpaired) electrons. The molecule has 1 atom stereocenters. The number of carboxylic acid groups (broad SMARTS) is 1. The minimum atomic E-state index is -1.02. The Morgan fingerprint density at radius 1 is 0.793 bits per heavy atom. The van der Waals surface area contributed by atoms with Crippen molar-refractivity contribution in [1.29, 1.82) is 0 Å². The molecule has 1 amide bonds. The molecule has 0 saturated heterocycles. The Kier molecular flexibility index (Phi) is 6.45. The summed E-state index contributed by atoms with van der Waals surface area (Å²) in [5.74, 6) is -1.32. The Hall–Kier alpha value is -3.40. The Labute approximate surface area is 171 Å². The van der Waals surface area contributed by atoms with Gasteiger partial charge in [0.05, 0.1) is 5.41 Å². The average molecular weight is 387 g/mol. The number of amides is 1. The van der Waals surface area contributed by atoms with Gasteiger partial charge in [0.1, 0.15) is 6.04 Å². The summed E-state index contributed by atoms with van der Waals surface area (Å²) in [7, 11) is 0. The van der Waals surface area contributed by atoms with Gasteiger partial charge >= 0.3 is 5.97 Å². The van der Waals surface area contributed by atoms with E-state index in [2.05, 4.69) is 5.32 Å². The Balaban J connectivity index is 2.15. The monoisotopic (exact) mass is 387 g/mol. The maximum atomic E-state index is 13.1. The maximum Gasteiger partial charge on any atom is 0.326 e. The molecule has 29 heavy (non-hydrogen) atoms. The van der Waals surface area contributed by atoms with E-state index in [0.29, 0.717) is 6.42 Å². The summed E-state index contributed by atoms with van der Waals surface area (Å²) in [6.07, 6.45) is 0.435. The molecule has 0 aliphatic carbocycles. The van der Waals surface area contributed by atoms with Crippen molar-refractivity contribution in [3.63, 3.8) is 0 Å². The Bertz CT molecular complexity index is 843. The van der Waals surface area contributed by atoms with Crippen LogP contribution >= 0.6 is 0 Å². The molecule has 4 nitrogen and oxygen atoms in total. The molecule has 0 unspecified atom stereocenters. The van der Waals surface area contributed by atoms with Crippen LogP contribution in [0.15, 0.2) is 91.0 Å². The lowest BCUT2D eigenvalue weighted by atomic mass is 9.67.